The topological polar surface area (TPSA) is 98.7 Å². The smallest absolute Gasteiger partial charge is 0.398 e. The Kier molecular flexibility index (Phi) is 6.76. The Morgan fingerprint density at radius 1 is 1.33 bits per heavy atom. The first-order valence-electron chi connectivity index (χ1n) is 6.40. The standard InChI is InChI=1S/C13H14ClF3N2O4S/c1-12(23,10(20)21)5-18-11(22)19-8-4-7(14)2-3-9(8)24-6-13(15,16)17/h2-4,23H,5-6H2,1H3,(H,20,21)(H2,18,19,22). The number of nitrogens with one attached hydrogen (secondary N) is 2. The molecule has 6 nitrogen and oxygen atoms in total. The van der Waals surface area contributed by atoms with Crippen LogP contribution in [-0.2, 0) is 4.79 Å². The summed E-state index contributed by atoms with van der Waals surface area (Å²) in [4.78, 5) is 22.6. The number of anilines is 1. The molecule has 0 radical (unpaired) electrons. The molecule has 1 atom stereocenters. The van der Waals surface area contributed by atoms with Gasteiger partial charge in [-0.3, -0.25) is 0 Å². The number of amides is 2. The second-order valence-electron chi connectivity index (χ2n) is 4.93. The number of halogens is 4. The van der Waals surface area contributed by atoms with Crippen LogP contribution in [0.25, 0.3) is 0 Å². The number of thioether (sulfide) groups is 1. The number of carbonyl (C=O) groups excluding carboxylic acids is 1. The van der Waals surface area contributed by atoms with Crippen LogP contribution in [0.15, 0.2) is 23.1 Å². The van der Waals surface area contributed by atoms with Crippen molar-refractivity contribution in [3.05, 3.63) is 23.2 Å². The summed E-state index contributed by atoms with van der Waals surface area (Å²) in [5.74, 6) is -2.69. The van der Waals surface area contributed by atoms with Gasteiger partial charge in [0.15, 0.2) is 5.60 Å². The number of hydrogen-bond acceptors (Lipinski definition) is 4. The summed E-state index contributed by atoms with van der Waals surface area (Å²) in [7, 11) is 0. The van der Waals surface area contributed by atoms with E-state index in [2.05, 4.69) is 10.6 Å². The number of urea groups is 1. The molecule has 0 aliphatic carbocycles. The largest absolute Gasteiger partial charge is 0.479 e. The van der Waals surface area contributed by atoms with Crippen LogP contribution in [0.4, 0.5) is 23.7 Å². The third-order valence-corrected chi connectivity index (χ3v) is 4.01. The van der Waals surface area contributed by atoms with Crippen LogP contribution >= 0.6 is 23.4 Å². The van der Waals surface area contributed by atoms with Gasteiger partial charge in [-0.15, -0.1) is 11.8 Å². The summed E-state index contributed by atoms with van der Waals surface area (Å²) >= 11 is 6.22. The van der Waals surface area contributed by atoms with Gasteiger partial charge in [0, 0.05) is 9.92 Å². The van der Waals surface area contributed by atoms with E-state index in [1.165, 1.54) is 18.2 Å². The van der Waals surface area contributed by atoms with E-state index in [0.717, 1.165) is 6.92 Å². The molecule has 0 spiro atoms. The molecule has 24 heavy (non-hydrogen) atoms. The maximum Gasteiger partial charge on any atom is 0.398 e. The van der Waals surface area contributed by atoms with E-state index in [1.54, 1.807) is 0 Å². The number of aliphatic carboxylic acids is 1. The zero-order chi connectivity index (χ0) is 18.5. The molecular weight excluding hydrogens is 373 g/mol. The zero-order valence-corrected chi connectivity index (χ0v) is 13.8. The Labute approximate surface area is 144 Å². The van der Waals surface area contributed by atoms with E-state index < -0.39 is 36.1 Å². The van der Waals surface area contributed by atoms with E-state index in [1.807, 2.05) is 0 Å². The van der Waals surface area contributed by atoms with E-state index in [0.29, 0.717) is 11.8 Å². The van der Waals surface area contributed by atoms with Crippen molar-refractivity contribution < 1.29 is 33.0 Å². The average molecular weight is 387 g/mol. The predicted molar refractivity (Wildman–Crippen MR) is 83.5 cm³/mol. The minimum atomic E-state index is -4.38. The first-order chi connectivity index (χ1) is 10.9. The van der Waals surface area contributed by atoms with E-state index in [-0.39, 0.29) is 15.6 Å². The number of aliphatic hydroxyl groups is 1. The number of rotatable bonds is 6. The number of carbonyl (C=O) groups is 2. The van der Waals surface area contributed by atoms with Crippen molar-refractivity contribution in [2.24, 2.45) is 0 Å². The normalized spacial score (nSPS) is 13.9. The van der Waals surface area contributed by atoms with Crippen LogP contribution < -0.4 is 10.6 Å². The molecule has 1 rings (SSSR count). The van der Waals surface area contributed by atoms with Gasteiger partial charge >= 0.3 is 18.2 Å². The highest BCUT2D eigenvalue weighted by Gasteiger charge is 2.30. The third kappa shape index (κ3) is 6.85. The first kappa shape index (κ1) is 20.4. The molecule has 1 aromatic rings. The monoisotopic (exact) mass is 386 g/mol. The van der Waals surface area contributed by atoms with Crippen molar-refractivity contribution in [3.63, 3.8) is 0 Å². The highest BCUT2D eigenvalue weighted by molar-refractivity contribution is 7.99. The molecule has 0 bridgehead atoms. The second-order valence-corrected chi connectivity index (χ2v) is 6.38. The first-order valence-corrected chi connectivity index (χ1v) is 7.77. The van der Waals surface area contributed by atoms with Crippen LogP contribution in [-0.4, -0.2) is 46.3 Å². The zero-order valence-electron chi connectivity index (χ0n) is 12.3. The molecule has 1 aromatic carbocycles. The predicted octanol–water partition coefficient (Wildman–Crippen LogP) is 2.95. The number of hydrogen-bond donors (Lipinski definition) is 4. The molecule has 0 aliphatic rings. The Balaban J connectivity index is 2.77. The Morgan fingerprint density at radius 3 is 2.50 bits per heavy atom. The van der Waals surface area contributed by atoms with Crippen molar-refractivity contribution in [1.29, 1.82) is 0 Å². The molecule has 4 N–H and O–H groups in total. The molecular formula is C13H14ClF3N2O4S. The number of carboxylic acids is 1. The van der Waals surface area contributed by atoms with Crippen molar-refractivity contribution in [2.45, 2.75) is 23.6 Å². The van der Waals surface area contributed by atoms with Gasteiger partial charge in [0.1, 0.15) is 0 Å². The Hall–Kier alpha value is -1.65. The highest BCUT2D eigenvalue weighted by atomic mass is 35.5. The maximum absolute atomic E-state index is 12.3. The van der Waals surface area contributed by atoms with Gasteiger partial charge in [-0.05, 0) is 25.1 Å². The fourth-order valence-corrected chi connectivity index (χ4v) is 2.30. The van der Waals surface area contributed by atoms with Crippen LogP contribution in [0.1, 0.15) is 6.92 Å². The van der Waals surface area contributed by atoms with Crippen LogP contribution in [0.3, 0.4) is 0 Å². The SMILES string of the molecule is CC(O)(CNC(=O)Nc1cc(Cl)ccc1SCC(F)(F)F)C(=O)O. The minimum Gasteiger partial charge on any atom is -0.479 e. The van der Waals surface area contributed by atoms with Crippen molar-refractivity contribution in [2.75, 3.05) is 17.6 Å². The molecule has 0 aliphatic heterocycles. The maximum atomic E-state index is 12.3. The fraction of sp³-hybridized carbons (Fsp3) is 0.385. The fourth-order valence-electron chi connectivity index (χ4n) is 1.38. The molecule has 0 saturated carbocycles. The average Bonchev–Trinajstić information content (AvgIpc) is 2.43. The van der Waals surface area contributed by atoms with Gasteiger partial charge in [0.05, 0.1) is 18.0 Å². The van der Waals surface area contributed by atoms with Gasteiger partial charge in [0.25, 0.3) is 0 Å². The van der Waals surface area contributed by atoms with Gasteiger partial charge in [0.2, 0.25) is 0 Å². The molecule has 0 aromatic heterocycles. The molecule has 134 valence electrons. The van der Waals surface area contributed by atoms with E-state index in [9.17, 15) is 27.9 Å². The quantitative estimate of drug-likeness (QED) is 0.563. The lowest BCUT2D eigenvalue weighted by Gasteiger charge is -2.19. The molecule has 1 unspecified atom stereocenters. The minimum absolute atomic E-state index is 0.0317. The summed E-state index contributed by atoms with van der Waals surface area (Å²) in [5.41, 5.74) is -2.15. The molecule has 11 heteroatoms. The van der Waals surface area contributed by atoms with Gasteiger partial charge in [-0.1, -0.05) is 11.6 Å². The van der Waals surface area contributed by atoms with Crippen LogP contribution in [0, 0.1) is 0 Å². The lowest BCUT2D eigenvalue weighted by atomic mass is 10.1. The van der Waals surface area contributed by atoms with Crippen molar-refractivity contribution in [3.8, 4) is 0 Å². The number of alkyl halides is 3. The van der Waals surface area contributed by atoms with Crippen LogP contribution in [0.5, 0.6) is 0 Å². The van der Waals surface area contributed by atoms with E-state index >= 15 is 0 Å². The Morgan fingerprint density at radius 2 is 1.96 bits per heavy atom. The molecule has 0 fully saturated rings. The molecule has 0 saturated heterocycles. The van der Waals surface area contributed by atoms with Crippen molar-refractivity contribution >= 4 is 41.1 Å². The Bertz CT molecular complexity index is 626. The summed E-state index contributed by atoms with van der Waals surface area (Å²) in [6.45, 7) is 0.388. The molecule has 0 heterocycles. The summed E-state index contributed by atoms with van der Waals surface area (Å²) in [5, 5.41) is 22.8. The van der Waals surface area contributed by atoms with Crippen LogP contribution in [0.2, 0.25) is 5.02 Å². The van der Waals surface area contributed by atoms with Gasteiger partial charge in [-0.2, -0.15) is 13.2 Å². The second kappa shape index (κ2) is 7.95. The lowest BCUT2D eigenvalue weighted by Crippen LogP contribution is -2.47. The summed E-state index contributed by atoms with van der Waals surface area (Å²) < 4.78 is 36.9. The van der Waals surface area contributed by atoms with Crippen molar-refractivity contribution in [1.82, 2.24) is 5.32 Å². The third-order valence-electron chi connectivity index (χ3n) is 2.64. The molecule has 2 amide bonds. The highest BCUT2D eigenvalue weighted by Crippen LogP contribution is 2.33. The van der Waals surface area contributed by atoms with Gasteiger partial charge < -0.3 is 20.8 Å². The number of benzene rings is 1. The van der Waals surface area contributed by atoms with Gasteiger partial charge in [-0.25, -0.2) is 9.59 Å². The van der Waals surface area contributed by atoms with E-state index in [4.69, 9.17) is 16.7 Å². The summed E-state index contributed by atoms with van der Waals surface area (Å²) in [6.07, 6.45) is -4.38. The summed E-state index contributed by atoms with van der Waals surface area (Å²) in [6, 6.07) is 3.06. The lowest BCUT2D eigenvalue weighted by molar-refractivity contribution is -0.155. The number of carboxylic acid groups (broad SMARTS) is 1.